The maximum atomic E-state index is 15.0. The molecular formula is C29H25F7O. The molecule has 196 valence electrons. The van der Waals surface area contributed by atoms with Crippen molar-refractivity contribution in [1.82, 2.24) is 0 Å². The molecule has 4 rings (SSSR count). The third-order valence-electron chi connectivity index (χ3n) is 6.91. The minimum absolute atomic E-state index is 0.0807. The van der Waals surface area contributed by atoms with E-state index in [0.717, 1.165) is 50.7 Å². The van der Waals surface area contributed by atoms with Gasteiger partial charge in [0.05, 0.1) is 5.56 Å². The fraction of sp³-hybridized carbons (Fsp3) is 0.310. The first-order valence-electron chi connectivity index (χ1n) is 12.0. The Morgan fingerprint density at radius 1 is 0.811 bits per heavy atom. The zero-order valence-corrected chi connectivity index (χ0v) is 19.9. The predicted molar refractivity (Wildman–Crippen MR) is 127 cm³/mol. The van der Waals surface area contributed by atoms with Gasteiger partial charge in [-0.1, -0.05) is 30.3 Å². The second-order valence-electron chi connectivity index (χ2n) is 9.31. The summed E-state index contributed by atoms with van der Waals surface area (Å²) in [6, 6.07) is 7.78. The number of ether oxygens (including phenoxy) is 1. The molecule has 1 saturated carbocycles. The Labute approximate surface area is 210 Å². The normalized spacial score (nSPS) is 18.0. The first kappa shape index (κ1) is 26.8. The van der Waals surface area contributed by atoms with Gasteiger partial charge < -0.3 is 4.74 Å². The van der Waals surface area contributed by atoms with Crippen LogP contribution in [0.3, 0.4) is 0 Å². The number of allylic oxidation sites excluding steroid dienone is 1. The minimum Gasteiger partial charge on any atom is -0.429 e. The molecule has 3 aromatic carbocycles. The largest absolute Gasteiger partial charge is 0.429 e. The van der Waals surface area contributed by atoms with Crippen LogP contribution >= 0.6 is 0 Å². The Bertz CT molecular complexity index is 1240. The molecule has 1 nitrogen and oxygen atoms in total. The van der Waals surface area contributed by atoms with Gasteiger partial charge in [-0.05, 0) is 73.6 Å². The molecule has 1 fully saturated rings. The maximum Gasteiger partial charge on any atom is 0.426 e. The number of rotatable bonds is 8. The average molecular weight is 523 g/mol. The summed E-state index contributed by atoms with van der Waals surface area (Å²) in [4.78, 5) is 0. The number of benzene rings is 3. The summed E-state index contributed by atoms with van der Waals surface area (Å²) in [6.07, 6.45) is 3.25. The van der Waals surface area contributed by atoms with Gasteiger partial charge in [-0.15, -0.1) is 6.58 Å². The fourth-order valence-electron chi connectivity index (χ4n) is 4.86. The second kappa shape index (κ2) is 11.0. The molecule has 0 aliphatic heterocycles. The highest BCUT2D eigenvalue weighted by molar-refractivity contribution is 5.65. The number of alkyl halides is 2. The van der Waals surface area contributed by atoms with Crippen molar-refractivity contribution >= 4 is 0 Å². The smallest absolute Gasteiger partial charge is 0.426 e. The van der Waals surface area contributed by atoms with Gasteiger partial charge in [0.15, 0.2) is 29.1 Å². The number of hydrogen-bond donors (Lipinski definition) is 0. The van der Waals surface area contributed by atoms with Crippen molar-refractivity contribution in [1.29, 1.82) is 0 Å². The van der Waals surface area contributed by atoms with Crippen LogP contribution in [0.1, 0.15) is 55.6 Å². The van der Waals surface area contributed by atoms with Gasteiger partial charge in [-0.3, -0.25) is 0 Å². The third kappa shape index (κ3) is 5.84. The Kier molecular flexibility index (Phi) is 7.95. The molecule has 0 radical (unpaired) electrons. The van der Waals surface area contributed by atoms with Gasteiger partial charge in [0.25, 0.3) is 0 Å². The predicted octanol–water partition coefficient (Wildman–Crippen LogP) is 9.42. The molecule has 0 bridgehead atoms. The standard InChI is InChI=1S/C29H25F7O/c1-2-3-4-17-5-7-18(8-6-17)22-13-14-23(27(33)26(22)32)19-9-11-20(12-10-19)29(35,36)37-21-15-24(30)28(34)25(31)16-21/h2,9-18H,1,3-8H2. The third-order valence-corrected chi connectivity index (χ3v) is 6.91. The molecule has 1 aliphatic carbocycles. The average Bonchev–Trinajstić information content (AvgIpc) is 2.88. The number of hydrogen-bond acceptors (Lipinski definition) is 1. The Balaban J connectivity index is 1.49. The summed E-state index contributed by atoms with van der Waals surface area (Å²) in [5.41, 5.74) is -0.306. The molecule has 0 N–H and O–H groups in total. The van der Waals surface area contributed by atoms with E-state index >= 15 is 8.78 Å². The van der Waals surface area contributed by atoms with E-state index in [2.05, 4.69) is 11.3 Å². The highest BCUT2D eigenvalue weighted by Crippen LogP contribution is 2.40. The SMILES string of the molecule is C=CCCC1CCC(c2ccc(-c3ccc(C(F)(F)Oc4cc(F)c(F)c(F)c4)cc3)c(F)c2F)CC1. The van der Waals surface area contributed by atoms with Crippen LogP contribution < -0.4 is 4.74 Å². The molecular weight excluding hydrogens is 497 g/mol. The molecule has 0 atom stereocenters. The van der Waals surface area contributed by atoms with Crippen LogP contribution in [0.25, 0.3) is 11.1 Å². The van der Waals surface area contributed by atoms with E-state index in [1.54, 1.807) is 6.07 Å². The molecule has 1 aliphatic rings. The molecule has 0 saturated heterocycles. The molecule has 8 heteroatoms. The molecule has 0 aromatic heterocycles. The van der Waals surface area contributed by atoms with Crippen molar-refractivity contribution in [3.8, 4) is 16.9 Å². The lowest BCUT2D eigenvalue weighted by atomic mass is 9.77. The Morgan fingerprint density at radius 2 is 1.43 bits per heavy atom. The van der Waals surface area contributed by atoms with E-state index < -0.39 is 46.5 Å². The van der Waals surface area contributed by atoms with Gasteiger partial charge in [0, 0.05) is 17.7 Å². The van der Waals surface area contributed by atoms with Crippen LogP contribution in [0.4, 0.5) is 30.7 Å². The highest BCUT2D eigenvalue weighted by atomic mass is 19.3. The second-order valence-corrected chi connectivity index (χ2v) is 9.31. The quantitative estimate of drug-likeness (QED) is 0.163. The van der Waals surface area contributed by atoms with Crippen LogP contribution in [0.2, 0.25) is 0 Å². The van der Waals surface area contributed by atoms with Crippen molar-refractivity contribution in [3.63, 3.8) is 0 Å². The summed E-state index contributed by atoms with van der Waals surface area (Å²) in [5, 5.41) is 0. The van der Waals surface area contributed by atoms with Gasteiger partial charge in [-0.25, -0.2) is 22.0 Å². The van der Waals surface area contributed by atoms with E-state index in [9.17, 15) is 22.0 Å². The zero-order valence-electron chi connectivity index (χ0n) is 19.9. The van der Waals surface area contributed by atoms with Crippen LogP contribution in [-0.2, 0) is 6.11 Å². The fourth-order valence-corrected chi connectivity index (χ4v) is 4.86. The summed E-state index contributed by atoms with van der Waals surface area (Å²) < 4.78 is 103. The highest BCUT2D eigenvalue weighted by Gasteiger charge is 2.35. The maximum absolute atomic E-state index is 15.0. The minimum atomic E-state index is -4.03. The van der Waals surface area contributed by atoms with Gasteiger partial charge >= 0.3 is 6.11 Å². The van der Waals surface area contributed by atoms with Gasteiger partial charge in [0.2, 0.25) is 0 Å². The topological polar surface area (TPSA) is 9.23 Å². The van der Waals surface area contributed by atoms with E-state index in [4.69, 9.17) is 0 Å². The van der Waals surface area contributed by atoms with Crippen molar-refractivity contribution in [2.75, 3.05) is 0 Å². The van der Waals surface area contributed by atoms with Crippen LogP contribution in [-0.4, -0.2) is 0 Å². The van der Waals surface area contributed by atoms with Gasteiger partial charge in [-0.2, -0.15) is 8.78 Å². The monoisotopic (exact) mass is 522 g/mol. The molecule has 0 amide bonds. The van der Waals surface area contributed by atoms with Crippen LogP contribution in [0, 0.1) is 35.0 Å². The lowest BCUT2D eigenvalue weighted by Crippen LogP contribution is -2.22. The molecule has 0 unspecified atom stereocenters. The lowest BCUT2D eigenvalue weighted by molar-refractivity contribution is -0.185. The summed E-state index contributed by atoms with van der Waals surface area (Å²) in [5.74, 6) is -7.60. The Morgan fingerprint density at radius 3 is 2.03 bits per heavy atom. The van der Waals surface area contributed by atoms with Crippen LogP contribution in [0.15, 0.2) is 61.2 Å². The van der Waals surface area contributed by atoms with Crippen molar-refractivity contribution in [3.05, 3.63) is 101 Å². The van der Waals surface area contributed by atoms with Crippen molar-refractivity contribution < 1.29 is 35.5 Å². The molecule has 0 heterocycles. The summed E-state index contributed by atoms with van der Waals surface area (Å²) in [6.45, 7) is 3.73. The van der Waals surface area contributed by atoms with E-state index in [0.29, 0.717) is 23.6 Å². The van der Waals surface area contributed by atoms with Gasteiger partial charge in [0.1, 0.15) is 5.75 Å². The zero-order chi connectivity index (χ0) is 26.7. The first-order valence-corrected chi connectivity index (χ1v) is 12.0. The lowest BCUT2D eigenvalue weighted by Gasteiger charge is -2.29. The van der Waals surface area contributed by atoms with Crippen molar-refractivity contribution in [2.45, 2.75) is 50.6 Å². The van der Waals surface area contributed by atoms with E-state index in [-0.39, 0.29) is 17.0 Å². The Hall–Kier alpha value is -3.29. The first-order chi connectivity index (χ1) is 17.6. The molecule has 0 spiro atoms. The molecule has 37 heavy (non-hydrogen) atoms. The molecule has 3 aromatic rings. The summed E-state index contributed by atoms with van der Waals surface area (Å²) >= 11 is 0. The summed E-state index contributed by atoms with van der Waals surface area (Å²) in [7, 11) is 0. The number of halogens is 7. The van der Waals surface area contributed by atoms with Crippen molar-refractivity contribution in [2.24, 2.45) is 5.92 Å². The van der Waals surface area contributed by atoms with E-state index in [1.165, 1.54) is 18.2 Å². The van der Waals surface area contributed by atoms with E-state index in [1.807, 2.05) is 6.08 Å². The van der Waals surface area contributed by atoms with Crippen LogP contribution in [0.5, 0.6) is 5.75 Å².